The zero-order valence-corrected chi connectivity index (χ0v) is 18.1. The van der Waals surface area contributed by atoms with Crippen molar-refractivity contribution in [2.75, 3.05) is 39.3 Å². The summed E-state index contributed by atoms with van der Waals surface area (Å²) >= 11 is 0. The lowest BCUT2D eigenvalue weighted by Crippen LogP contribution is -2.50. The first-order chi connectivity index (χ1) is 13.5. The minimum Gasteiger partial charge on any atom is -0.475 e. The fourth-order valence-electron chi connectivity index (χ4n) is 3.12. The van der Waals surface area contributed by atoms with Crippen molar-refractivity contribution in [1.82, 2.24) is 20.5 Å². The Morgan fingerprint density at radius 2 is 2.14 bits per heavy atom. The first kappa shape index (κ1) is 22.4. The molecule has 1 aromatic heterocycles. The number of ether oxygens (including phenoxy) is 2. The van der Waals surface area contributed by atoms with Gasteiger partial charge in [0.15, 0.2) is 5.96 Å². The molecule has 1 aliphatic heterocycles. The number of aliphatic imine (C=N–C) groups is 1. The molecule has 1 aliphatic rings. The monoisotopic (exact) mass is 391 g/mol. The van der Waals surface area contributed by atoms with Crippen LogP contribution in [-0.2, 0) is 11.3 Å². The molecule has 1 unspecified atom stereocenters. The van der Waals surface area contributed by atoms with Crippen LogP contribution in [0, 0.1) is 5.92 Å². The van der Waals surface area contributed by atoms with E-state index in [0.717, 1.165) is 50.9 Å². The molecule has 1 atom stereocenters. The lowest BCUT2D eigenvalue weighted by Gasteiger charge is -2.34. The summed E-state index contributed by atoms with van der Waals surface area (Å²) in [4.78, 5) is 11.5. The van der Waals surface area contributed by atoms with E-state index >= 15 is 0 Å². The van der Waals surface area contributed by atoms with Gasteiger partial charge < -0.3 is 20.1 Å². The molecule has 0 aliphatic carbocycles. The average molecular weight is 392 g/mol. The molecule has 0 bridgehead atoms. The maximum atomic E-state index is 5.92. The number of morpholine rings is 1. The highest BCUT2D eigenvalue weighted by Crippen LogP contribution is 2.10. The van der Waals surface area contributed by atoms with Gasteiger partial charge in [-0.05, 0) is 32.3 Å². The fraction of sp³-hybridized carbons (Fsp3) is 0.714. The largest absolute Gasteiger partial charge is 0.475 e. The Labute approximate surface area is 169 Å². The van der Waals surface area contributed by atoms with Crippen molar-refractivity contribution in [2.45, 2.75) is 53.4 Å². The minimum atomic E-state index is 0.124. The van der Waals surface area contributed by atoms with Gasteiger partial charge in [-0.25, -0.2) is 9.98 Å². The van der Waals surface area contributed by atoms with Crippen LogP contribution in [0.25, 0.3) is 0 Å². The molecule has 1 saturated heterocycles. The second kappa shape index (κ2) is 11.9. The summed E-state index contributed by atoms with van der Waals surface area (Å²) < 4.78 is 11.5. The van der Waals surface area contributed by atoms with E-state index in [1.807, 2.05) is 32.2 Å². The van der Waals surface area contributed by atoms with E-state index in [1.165, 1.54) is 0 Å². The Kier molecular flexibility index (Phi) is 9.50. The van der Waals surface area contributed by atoms with Crippen LogP contribution in [0.15, 0.2) is 23.3 Å². The van der Waals surface area contributed by atoms with Crippen LogP contribution < -0.4 is 15.4 Å². The van der Waals surface area contributed by atoms with E-state index in [9.17, 15) is 0 Å². The predicted octanol–water partition coefficient (Wildman–Crippen LogP) is 2.28. The molecule has 158 valence electrons. The Hall–Kier alpha value is -1.86. The van der Waals surface area contributed by atoms with Gasteiger partial charge in [-0.3, -0.25) is 4.90 Å². The Morgan fingerprint density at radius 3 is 2.79 bits per heavy atom. The maximum absolute atomic E-state index is 5.92. The van der Waals surface area contributed by atoms with Gasteiger partial charge in [0.2, 0.25) is 5.88 Å². The first-order valence-electron chi connectivity index (χ1n) is 10.4. The lowest BCUT2D eigenvalue weighted by molar-refractivity contribution is -0.0284. The Balaban J connectivity index is 1.84. The van der Waals surface area contributed by atoms with Crippen LogP contribution >= 0.6 is 0 Å². The van der Waals surface area contributed by atoms with Crippen molar-refractivity contribution in [2.24, 2.45) is 10.9 Å². The highest BCUT2D eigenvalue weighted by Gasteiger charge is 2.21. The normalized spacial score (nSPS) is 18.5. The van der Waals surface area contributed by atoms with Crippen LogP contribution in [0.3, 0.4) is 0 Å². The van der Waals surface area contributed by atoms with Crippen molar-refractivity contribution >= 4 is 5.96 Å². The number of rotatable bonds is 9. The average Bonchev–Trinajstić information content (AvgIpc) is 2.64. The Morgan fingerprint density at radius 1 is 1.32 bits per heavy atom. The van der Waals surface area contributed by atoms with Gasteiger partial charge in [0.1, 0.15) is 0 Å². The van der Waals surface area contributed by atoms with Gasteiger partial charge in [0.05, 0.1) is 25.4 Å². The minimum absolute atomic E-state index is 0.124. The number of nitrogens with one attached hydrogen (secondary N) is 2. The van der Waals surface area contributed by atoms with Crippen LogP contribution in [0.5, 0.6) is 5.88 Å². The van der Waals surface area contributed by atoms with Gasteiger partial charge >= 0.3 is 0 Å². The van der Waals surface area contributed by atoms with E-state index in [2.05, 4.69) is 46.3 Å². The van der Waals surface area contributed by atoms with Crippen molar-refractivity contribution in [3.05, 3.63) is 23.9 Å². The molecule has 28 heavy (non-hydrogen) atoms. The molecule has 0 saturated carbocycles. The summed E-state index contributed by atoms with van der Waals surface area (Å²) in [5.41, 5.74) is 1.05. The molecule has 0 spiro atoms. The van der Waals surface area contributed by atoms with Gasteiger partial charge in [-0.15, -0.1) is 0 Å². The number of guanidine groups is 1. The maximum Gasteiger partial charge on any atom is 0.213 e. The van der Waals surface area contributed by atoms with Gasteiger partial charge in [0, 0.05) is 45.0 Å². The molecule has 0 amide bonds. The molecule has 2 N–H and O–H groups in total. The van der Waals surface area contributed by atoms with E-state index in [-0.39, 0.29) is 12.2 Å². The fourth-order valence-corrected chi connectivity index (χ4v) is 3.12. The van der Waals surface area contributed by atoms with Crippen LogP contribution in [0.2, 0.25) is 0 Å². The van der Waals surface area contributed by atoms with Gasteiger partial charge in [0.25, 0.3) is 0 Å². The van der Waals surface area contributed by atoms with E-state index < -0.39 is 0 Å². The third-order valence-electron chi connectivity index (χ3n) is 4.26. The highest BCUT2D eigenvalue weighted by molar-refractivity contribution is 5.79. The molecule has 7 heteroatoms. The molecule has 2 rings (SSSR count). The van der Waals surface area contributed by atoms with E-state index in [1.54, 1.807) is 0 Å². The van der Waals surface area contributed by atoms with Crippen molar-refractivity contribution in [1.29, 1.82) is 0 Å². The highest BCUT2D eigenvalue weighted by atomic mass is 16.5. The second-order valence-corrected chi connectivity index (χ2v) is 7.89. The van der Waals surface area contributed by atoms with Crippen molar-refractivity contribution < 1.29 is 9.47 Å². The van der Waals surface area contributed by atoms with E-state index in [4.69, 9.17) is 9.47 Å². The van der Waals surface area contributed by atoms with E-state index in [0.29, 0.717) is 18.3 Å². The smallest absolute Gasteiger partial charge is 0.213 e. The number of pyridine rings is 1. The molecular weight excluding hydrogens is 354 g/mol. The predicted molar refractivity (Wildman–Crippen MR) is 114 cm³/mol. The zero-order chi connectivity index (χ0) is 20.4. The third-order valence-corrected chi connectivity index (χ3v) is 4.26. The molecule has 7 nitrogen and oxygen atoms in total. The standard InChI is InChI=1S/C21H37N5O2/c1-6-22-21(24-12-18-7-8-20(23-11-18)28-17(4)5)25-13-19-15-26(9-10-27-19)14-16(2)3/h7-8,11,16-17,19H,6,9-10,12-15H2,1-5H3,(H2,22,24,25). The summed E-state index contributed by atoms with van der Waals surface area (Å²) in [5, 5.41) is 6.71. The number of aromatic nitrogens is 1. The molecule has 1 fully saturated rings. The van der Waals surface area contributed by atoms with Crippen molar-refractivity contribution in [3.63, 3.8) is 0 Å². The van der Waals surface area contributed by atoms with Crippen LogP contribution in [-0.4, -0.2) is 67.4 Å². The molecule has 0 radical (unpaired) electrons. The second-order valence-electron chi connectivity index (χ2n) is 7.89. The summed E-state index contributed by atoms with van der Waals surface area (Å²) in [6.45, 7) is 16.6. The third kappa shape index (κ3) is 8.44. The Bertz CT molecular complexity index is 589. The van der Waals surface area contributed by atoms with Crippen LogP contribution in [0.1, 0.15) is 40.2 Å². The quantitative estimate of drug-likeness (QED) is 0.497. The first-order valence-corrected chi connectivity index (χ1v) is 10.4. The number of hydrogen-bond acceptors (Lipinski definition) is 5. The van der Waals surface area contributed by atoms with Gasteiger partial charge in [-0.2, -0.15) is 0 Å². The van der Waals surface area contributed by atoms with Gasteiger partial charge in [-0.1, -0.05) is 19.9 Å². The topological polar surface area (TPSA) is 71.0 Å². The SMILES string of the molecule is CCNC(=NCc1ccc(OC(C)C)nc1)NCC1CN(CC(C)C)CCO1. The lowest BCUT2D eigenvalue weighted by atomic mass is 10.2. The number of hydrogen-bond donors (Lipinski definition) is 2. The molecule has 0 aromatic carbocycles. The molecular formula is C21H37N5O2. The number of nitrogens with zero attached hydrogens (tertiary/aromatic N) is 3. The summed E-state index contributed by atoms with van der Waals surface area (Å²) in [7, 11) is 0. The summed E-state index contributed by atoms with van der Waals surface area (Å²) in [6.07, 6.45) is 2.13. The van der Waals surface area contributed by atoms with Crippen molar-refractivity contribution in [3.8, 4) is 5.88 Å². The van der Waals surface area contributed by atoms with Crippen LogP contribution in [0.4, 0.5) is 0 Å². The zero-order valence-electron chi connectivity index (χ0n) is 18.1. The summed E-state index contributed by atoms with van der Waals surface area (Å²) in [5.74, 6) is 2.12. The summed E-state index contributed by atoms with van der Waals surface area (Å²) in [6, 6.07) is 3.90. The molecule has 2 heterocycles. The molecule has 1 aromatic rings.